The lowest BCUT2D eigenvalue weighted by Gasteiger charge is -2.17. The van der Waals surface area contributed by atoms with Crippen LogP contribution in [0.4, 0.5) is 24.7 Å². The van der Waals surface area contributed by atoms with Crippen LogP contribution >= 0.6 is 0 Å². The predicted molar refractivity (Wildman–Crippen MR) is 128 cm³/mol. The maximum absolute atomic E-state index is 12.9. The van der Waals surface area contributed by atoms with Gasteiger partial charge in [0.15, 0.2) is 0 Å². The zero-order valence-electron chi connectivity index (χ0n) is 18.8. The number of nitrogens with one attached hydrogen (secondary N) is 1. The van der Waals surface area contributed by atoms with E-state index in [0.717, 1.165) is 67.9 Å². The first-order valence-electron chi connectivity index (χ1n) is 11.2. The number of aliphatic hydroxyl groups is 1. The topological polar surface area (TPSA) is 57.5 Å². The number of unbranched alkanes of at least 4 members (excludes halogenated alkanes) is 1. The highest BCUT2D eigenvalue weighted by atomic mass is 19.4. The normalized spacial score (nSPS) is 15.2. The largest absolute Gasteiger partial charge is 0.416 e. The van der Waals surface area contributed by atoms with Crippen LogP contribution in [-0.4, -0.2) is 29.5 Å². The smallest absolute Gasteiger partial charge is 0.389 e. The summed E-state index contributed by atoms with van der Waals surface area (Å²) in [6, 6.07) is 7.63. The summed E-state index contributed by atoms with van der Waals surface area (Å²) in [5.41, 5.74) is 3.10. The number of rotatable bonds is 9. The molecule has 1 aliphatic heterocycles. The number of alkyl halides is 3. The fourth-order valence-electron chi connectivity index (χ4n) is 3.80. The highest BCUT2D eigenvalue weighted by molar-refractivity contribution is 5.69. The molecule has 0 bridgehead atoms. The lowest BCUT2D eigenvalue weighted by atomic mass is 10.0. The van der Waals surface area contributed by atoms with E-state index in [1.807, 2.05) is 6.92 Å². The third kappa shape index (κ3) is 7.29. The summed E-state index contributed by atoms with van der Waals surface area (Å²) in [7, 11) is 0. The van der Waals surface area contributed by atoms with Gasteiger partial charge in [-0.3, -0.25) is 4.99 Å². The molecule has 0 saturated carbocycles. The van der Waals surface area contributed by atoms with E-state index in [2.05, 4.69) is 29.2 Å². The molecule has 0 radical (unpaired) electrons. The molecule has 1 unspecified atom stereocenters. The van der Waals surface area contributed by atoms with Crippen LogP contribution in [0.1, 0.15) is 55.0 Å². The molecule has 2 aromatic rings. The molecule has 0 saturated heterocycles. The van der Waals surface area contributed by atoms with Gasteiger partial charge in [0.1, 0.15) is 5.82 Å². The molecule has 1 aromatic carbocycles. The Morgan fingerprint density at radius 2 is 2.09 bits per heavy atom. The fourth-order valence-corrected chi connectivity index (χ4v) is 3.80. The standard InChI is InChI=1S/C26H30F3N3O/c1-18(16-20-10-12-21(26(27,28)29)17-24(20)30-2)9-14-23(33)8-4-3-7-22-13-11-19-6-5-15-31-25(19)32-22/h9-14,16-17,23,33H,2-8,15H2,1H3,(H,31,32)/b14-9+,18-16+. The lowest BCUT2D eigenvalue weighted by molar-refractivity contribution is -0.137. The number of halogens is 3. The van der Waals surface area contributed by atoms with Crippen molar-refractivity contribution in [3.8, 4) is 0 Å². The van der Waals surface area contributed by atoms with Crippen LogP contribution in [-0.2, 0) is 19.0 Å². The van der Waals surface area contributed by atoms with Crippen molar-refractivity contribution < 1.29 is 18.3 Å². The van der Waals surface area contributed by atoms with Crippen LogP contribution in [0.15, 0.2) is 53.0 Å². The molecule has 0 aliphatic carbocycles. The number of hydrogen-bond donors (Lipinski definition) is 2. The number of aliphatic imine (C=N–C) groups is 1. The summed E-state index contributed by atoms with van der Waals surface area (Å²) in [6.07, 6.45) is 5.71. The van der Waals surface area contributed by atoms with Crippen molar-refractivity contribution in [2.24, 2.45) is 4.99 Å². The van der Waals surface area contributed by atoms with E-state index in [4.69, 9.17) is 4.98 Å². The van der Waals surface area contributed by atoms with Gasteiger partial charge >= 0.3 is 6.18 Å². The molecule has 2 N–H and O–H groups in total. The third-order valence-corrected chi connectivity index (χ3v) is 5.63. The number of pyridine rings is 1. The molecule has 1 aliphatic rings. The molecule has 176 valence electrons. The van der Waals surface area contributed by atoms with Crippen LogP contribution in [0.5, 0.6) is 0 Å². The molecule has 1 atom stereocenters. The molecule has 3 rings (SSSR count). The first-order valence-corrected chi connectivity index (χ1v) is 11.2. The minimum absolute atomic E-state index is 0.170. The second-order valence-electron chi connectivity index (χ2n) is 8.33. The molecule has 33 heavy (non-hydrogen) atoms. The number of aryl methyl sites for hydroxylation is 2. The van der Waals surface area contributed by atoms with E-state index < -0.39 is 17.8 Å². The maximum atomic E-state index is 12.9. The molecule has 2 heterocycles. The second-order valence-corrected chi connectivity index (χ2v) is 8.33. The quantitative estimate of drug-likeness (QED) is 0.256. The van der Waals surface area contributed by atoms with Gasteiger partial charge in [0.25, 0.3) is 0 Å². The first kappa shape index (κ1) is 24.7. The first-order chi connectivity index (χ1) is 15.8. The Balaban J connectivity index is 1.48. The Labute approximate surface area is 193 Å². The van der Waals surface area contributed by atoms with Crippen LogP contribution in [0.25, 0.3) is 6.08 Å². The fraction of sp³-hybridized carbons (Fsp3) is 0.385. The van der Waals surface area contributed by atoms with Crippen molar-refractivity contribution in [1.82, 2.24) is 4.98 Å². The summed E-state index contributed by atoms with van der Waals surface area (Å²) in [4.78, 5) is 8.41. The van der Waals surface area contributed by atoms with Gasteiger partial charge in [0.2, 0.25) is 0 Å². The molecule has 7 heteroatoms. The van der Waals surface area contributed by atoms with Gasteiger partial charge in [-0.1, -0.05) is 36.3 Å². The van der Waals surface area contributed by atoms with Gasteiger partial charge < -0.3 is 10.4 Å². The van der Waals surface area contributed by atoms with E-state index >= 15 is 0 Å². The van der Waals surface area contributed by atoms with E-state index in [1.54, 1.807) is 18.2 Å². The lowest BCUT2D eigenvalue weighted by Crippen LogP contribution is -2.14. The Hall–Kier alpha value is -2.93. The van der Waals surface area contributed by atoms with Crippen LogP contribution in [0.3, 0.4) is 0 Å². The van der Waals surface area contributed by atoms with E-state index in [9.17, 15) is 18.3 Å². The summed E-state index contributed by atoms with van der Waals surface area (Å²) in [5.74, 6) is 1.01. The van der Waals surface area contributed by atoms with Crippen molar-refractivity contribution in [1.29, 1.82) is 0 Å². The number of benzene rings is 1. The molecule has 1 aromatic heterocycles. The van der Waals surface area contributed by atoms with Crippen molar-refractivity contribution in [2.75, 3.05) is 11.9 Å². The monoisotopic (exact) mass is 457 g/mol. The summed E-state index contributed by atoms with van der Waals surface area (Å²) in [5, 5.41) is 13.6. The van der Waals surface area contributed by atoms with Crippen LogP contribution in [0.2, 0.25) is 0 Å². The molecular weight excluding hydrogens is 427 g/mol. The summed E-state index contributed by atoms with van der Waals surface area (Å²) in [6.45, 7) is 6.16. The van der Waals surface area contributed by atoms with Crippen molar-refractivity contribution in [3.63, 3.8) is 0 Å². The highest BCUT2D eigenvalue weighted by Gasteiger charge is 2.30. The van der Waals surface area contributed by atoms with Gasteiger partial charge in [-0.25, -0.2) is 4.98 Å². The van der Waals surface area contributed by atoms with Crippen molar-refractivity contribution >= 4 is 24.3 Å². The average Bonchev–Trinajstić information content (AvgIpc) is 2.80. The van der Waals surface area contributed by atoms with E-state index in [-0.39, 0.29) is 5.69 Å². The Morgan fingerprint density at radius 3 is 2.85 bits per heavy atom. The van der Waals surface area contributed by atoms with Gasteiger partial charge in [-0.2, -0.15) is 13.2 Å². The zero-order chi connectivity index (χ0) is 23.8. The van der Waals surface area contributed by atoms with Gasteiger partial charge in [-0.05, 0) is 75.6 Å². The number of anilines is 1. The Morgan fingerprint density at radius 1 is 1.27 bits per heavy atom. The summed E-state index contributed by atoms with van der Waals surface area (Å²) < 4.78 is 38.6. The molecule has 4 nitrogen and oxygen atoms in total. The molecule has 0 fully saturated rings. The van der Waals surface area contributed by atoms with Crippen molar-refractivity contribution in [3.05, 3.63) is 70.4 Å². The molecular formula is C26H30F3N3O. The second kappa shape index (κ2) is 11.3. The van der Waals surface area contributed by atoms with E-state index in [1.165, 1.54) is 11.6 Å². The van der Waals surface area contributed by atoms with Crippen LogP contribution in [0, 0.1) is 0 Å². The van der Waals surface area contributed by atoms with E-state index in [0.29, 0.717) is 12.0 Å². The predicted octanol–water partition coefficient (Wildman–Crippen LogP) is 6.52. The zero-order valence-corrected chi connectivity index (χ0v) is 18.8. The number of allylic oxidation sites excluding steroid dienone is 2. The SMILES string of the molecule is C=Nc1cc(C(F)(F)F)ccc1/C=C(C)/C=C/C(O)CCCCc1ccc2c(n1)NCCC2. The number of aliphatic hydroxyl groups excluding tert-OH is 1. The van der Waals surface area contributed by atoms with Gasteiger partial charge in [0, 0.05) is 17.8 Å². The third-order valence-electron chi connectivity index (χ3n) is 5.63. The maximum Gasteiger partial charge on any atom is 0.416 e. The molecule has 0 amide bonds. The van der Waals surface area contributed by atoms with Gasteiger partial charge in [-0.15, -0.1) is 0 Å². The average molecular weight is 458 g/mol. The Kier molecular flexibility index (Phi) is 8.44. The van der Waals surface area contributed by atoms with Gasteiger partial charge in [0.05, 0.1) is 17.4 Å². The number of fused-ring (bicyclic) bond motifs is 1. The number of aromatic nitrogens is 1. The summed E-state index contributed by atoms with van der Waals surface area (Å²) >= 11 is 0. The van der Waals surface area contributed by atoms with Crippen molar-refractivity contribution in [2.45, 2.75) is 57.7 Å². The minimum atomic E-state index is -4.42. The van der Waals surface area contributed by atoms with Crippen LogP contribution < -0.4 is 5.32 Å². The minimum Gasteiger partial charge on any atom is -0.389 e. The Bertz CT molecular complexity index is 1030. The molecule has 0 spiro atoms. The number of hydrogen-bond acceptors (Lipinski definition) is 4. The highest BCUT2D eigenvalue weighted by Crippen LogP contribution is 2.33. The number of nitrogens with zero attached hydrogens (tertiary/aromatic N) is 2.